The first kappa shape index (κ1) is 20.5. The molecule has 0 aliphatic carbocycles. The Kier molecular flexibility index (Phi) is 5.64. The number of fused-ring (bicyclic) bond motifs is 1. The van der Waals surface area contributed by atoms with Crippen molar-refractivity contribution in [3.8, 4) is 23.3 Å². The summed E-state index contributed by atoms with van der Waals surface area (Å²) >= 11 is 0. The van der Waals surface area contributed by atoms with Gasteiger partial charge in [-0.3, -0.25) is 4.79 Å². The van der Waals surface area contributed by atoms with Crippen molar-refractivity contribution in [2.45, 2.75) is 18.5 Å². The van der Waals surface area contributed by atoms with Crippen LogP contribution >= 0.6 is 0 Å². The van der Waals surface area contributed by atoms with E-state index in [1.165, 1.54) is 13.4 Å². The first-order chi connectivity index (χ1) is 15.0. The Balaban J connectivity index is 1.74. The fraction of sp³-hybridized carbons (Fsp3) is 0.318. The number of aromatic nitrogens is 3. The predicted octanol–water partition coefficient (Wildman–Crippen LogP) is 1.51. The summed E-state index contributed by atoms with van der Waals surface area (Å²) < 4.78 is 17.5. The Morgan fingerprint density at radius 2 is 1.90 bits per heavy atom. The maximum Gasteiger partial charge on any atom is 0.322 e. The van der Waals surface area contributed by atoms with Crippen LogP contribution in [-0.2, 0) is 9.53 Å². The molecule has 1 fully saturated rings. The van der Waals surface area contributed by atoms with Gasteiger partial charge in [0, 0.05) is 30.4 Å². The summed E-state index contributed by atoms with van der Waals surface area (Å²) in [5, 5.41) is 3.88. The van der Waals surface area contributed by atoms with Gasteiger partial charge in [-0.15, -0.1) is 0 Å². The largest absolute Gasteiger partial charge is 0.497 e. The predicted molar refractivity (Wildman–Crippen MR) is 115 cm³/mol. The average Bonchev–Trinajstić information content (AvgIpc) is 3.42. The summed E-state index contributed by atoms with van der Waals surface area (Å²) in [6.07, 6.45) is 3.92. The van der Waals surface area contributed by atoms with Gasteiger partial charge in [0.15, 0.2) is 0 Å². The van der Waals surface area contributed by atoms with Crippen LogP contribution in [0, 0.1) is 11.8 Å². The van der Waals surface area contributed by atoms with E-state index in [-0.39, 0.29) is 18.1 Å². The zero-order valence-electron chi connectivity index (χ0n) is 17.5. The van der Waals surface area contributed by atoms with Crippen LogP contribution in [0.25, 0.3) is 11.0 Å². The molecule has 0 radical (unpaired) electrons. The molecule has 9 heteroatoms. The topological polar surface area (TPSA) is 114 Å². The van der Waals surface area contributed by atoms with Crippen molar-refractivity contribution in [2.24, 2.45) is 0 Å². The highest BCUT2D eigenvalue weighted by atomic mass is 16.5. The SMILES string of the molecule is COC(=O)C1CC(n2cc(C#Cc3cc(OC)cc(OC)c3)c3c(N)ncnc32)CN1. The van der Waals surface area contributed by atoms with Gasteiger partial charge in [-0.05, 0) is 18.6 Å². The summed E-state index contributed by atoms with van der Waals surface area (Å²) in [7, 11) is 4.57. The van der Waals surface area contributed by atoms with E-state index in [9.17, 15) is 4.79 Å². The minimum absolute atomic E-state index is 0.00774. The molecule has 1 aromatic carbocycles. The molecule has 1 aliphatic heterocycles. The second kappa shape index (κ2) is 8.53. The van der Waals surface area contributed by atoms with E-state index >= 15 is 0 Å². The monoisotopic (exact) mass is 421 g/mol. The van der Waals surface area contributed by atoms with E-state index in [1.54, 1.807) is 20.3 Å². The van der Waals surface area contributed by atoms with Crippen molar-refractivity contribution in [1.82, 2.24) is 19.9 Å². The van der Waals surface area contributed by atoms with Crippen molar-refractivity contribution in [3.05, 3.63) is 41.9 Å². The number of ether oxygens (including phenoxy) is 3. The van der Waals surface area contributed by atoms with Gasteiger partial charge in [0.2, 0.25) is 0 Å². The molecular weight excluding hydrogens is 398 g/mol. The molecule has 0 amide bonds. The van der Waals surface area contributed by atoms with Crippen LogP contribution in [0.4, 0.5) is 5.82 Å². The molecule has 2 aromatic heterocycles. The highest BCUT2D eigenvalue weighted by molar-refractivity contribution is 5.92. The van der Waals surface area contributed by atoms with Gasteiger partial charge in [-0.2, -0.15) is 0 Å². The summed E-state index contributed by atoms with van der Waals surface area (Å²) in [5.41, 5.74) is 8.28. The Morgan fingerprint density at radius 3 is 2.58 bits per heavy atom. The van der Waals surface area contributed by atoms with Gasteiger partial charge in [0.1, 0.15) is 35.3 Å². The van der Waals surface area contributed by atoms with E-state index < -0.39 is 0 Å². The number of anilines is 1. The minimum atomic E-state index is -0.356. The Morgan fingerprint density at radius 1 is 1.16 bits per heavy atom. The number of hydrogen-bond acceptors (Lipinski definition) is 8. The third kappa shape index (κ3) is 3.98. The van der Waals surface area contributed by atoms with Crippen LogP contribution in [0.2, 0.25) is 0 Å². The van der Waals surface area contributed by atoms with E-state index in [2.05, 4.69) is 27.1 Å². The van der Waals surface area contributed by atoms with Crippen LogP contribution in [0.15, 0.2) is 30.7 Å². The fourth-order valence-corrected chi connectivity index (χ4v) is 3.75. The first-order valence-corrected chi connectivity index (χ1v) is 9.71. The van der Waals surface area contributed by atoms with E-state index in [0.29, 0.717) is 46.9 Å². The molecule has 4 rings (SSSR count). The fourth-order valence-electron chi connectivity index (χ4n) is 3.75. The highest BCUT2D eigenvalue weighted by Gasteiger charge is 2.32. The number of benzene rings is 1. The number of esters is 1. The molecule has 2 atom stereocenters. The number of rotatable bonds is 4. The van der Waals surface area contributed by atoms with Gasteiger partial charge < -0.3 is 29.8 Å². The number of nitrogens with zero attached hydrogens (tertiary/aromatic N) is 3. The Labute approximate surface area is 179 Å². The molecule has 3 heterocycles. The molecule has 3 aromatic rings. The van der Waals surface area contributed by atoms with E-state index in [0.717, 1.165) is 5.56 Å². The van der Waals surface area contributed by atoms with Gasteiger partial charge in [-0.1, -0.05) is 11.8 Å². The van der Waals surface area contributed by atoms with Crippen LogP contribution in [0.1, 0.15) is 23.6 Å². The maximum atomic E-state index is 11.9. The maximum absolute atomic E-state index is 11.9. The lowest BCUT2D eigenvalue weighted by Gasteiger charge is -2.12. The molecule has 2 unspecified atom stereocenters. The zero-order chi connectivity index (χ0) is 22.0. The summed E-state index contributed by atoms with van der Waals surface area (Å²) in [4.78, 5) is 20.5. The summed E-state index contributed by atoms with van der Waals surface area (Å²) in [5.74, 6) is 7.71. The third-order valence-corrected chi connectivity index (χ3v) is 5.32. The second-order valence-corrected chi connectivity index (χ2v) is 7.13. The molecular formula is C22H23N5O4. The molecule has 1 aliphatic rings. The molecule has 0 saturated carbocycles. The van der Waals surface area contributed by atoms with Gasteiger partial charge in [0.25, 0.3) is 0 Å². The number of methoxy groups -OCH3 is 3. The lowest BCUT2D eigenvalue weighted by atomic mass is 10.1. The van der Waals surface area contributed by atoms with Crippen molar-refractivity contribution in [3.63, 3.8) is 0 Å². The van der Waals surface area contributed by atoms with Crippen LogP contribution < -0.4 is 20.5 Å². The third-order valence-electron chi connectivity index (χ3n) is 5.32. The van der Waals surface area contributed by atoms with Crippen molar-refractivity contribution < 1.29 is 19.0 Å². The average molecular weight is 421 g/mol. The molecule has 31 heavy (non-hydrogen) atoms. The normalized spacial score (nSPS) is 17.8. The number of carbonyl (C=O) groups is 1. The minimum Gasteiger partial charge on any atom is -0.497 e. The Hall–Kier alpha value is -3.77. The molecule has 160 valence electrons. The molecule has 0 spiro atoms. The van der Waals surface area contributed by atoms with Crippen molar-refractivity contribution in [2.75, 3.05) is 33.6 Å². The van der Waals surface area contributed by atoms with Crippen LogP contribution in [0.5, 0.6) is 11.5 Å². The van der Waals surface area contributed by atoms with Crippen molar-refractivity contribution >= 4 is 22.8 Å². The zero-order valence-corrected chi connectivity index (χ0v) is 17.5. The van der Waals surface area contributed by atoms with Gasteiger partial charge >= 0.3 is 5.97 Å². The Bertz CT molecular complexity index is 1170. The highest BCUT2D eigenvalue weighted by Crippen LogP contribution is 2.30. The standard InChI is InChI=1S/C22H23N5O4/c1-29-16-6-13(7-17(9-16)30-2)4-5-14-11-27(21-19(14)20(23)25-12-26-21)15-8-18(24-10-15)22(28)31-3/h6-7,9,11-12,15,18,24H,8,10H2,1-3H3,(H2,23,25,26). The van der Waals surface area contributed by atoms with E-state index in [4.69, 9.17) is 19.9 Å². The second-order valence-electron chi connectivity index (χ2n) is 7.13. The first-order valence-electron chi connectivity index (χ1n) is 9.71. The number of nitrogen functional groups attached to an aromatic ring is 1. The number of hydrogen-bond donors (Lipinski definition) is 2. The molecule has 1 saturated heterocycles. The lowest BCUT2D eigenvalue weighted by molar-refractivity contribution is -0.142. The molecule has 0 bridgehead atoms. The number of carbonyl (C=O) groups excluding carboxylic acids is 1. The number of nitrogens with one attached hydrogen (secondary N) is 1. The van der Waals surface area contributed by atoms with Gasteiger partial charge in [0.05, 0.1) is 32.3 Å². The summed E-state index contributed by atoms with van der Waals surface area (Å²) in [6, 6.07) is 5.10. The smallest absolute Gasteiger partial charge is 0.322 e. The summed E-state index contributed by atoms with van der Waals surface area (Å²) in [6.45, 7) is 0.605. The number of nitrogens with two attached hydrogens (primary N) is 1. The van der Waals surface area contributed by atoms with E-state index in [1.807, 2.05) is 22.9 Å². The van der Waals surface area contributed by atoms with Crippen LogP contribution in [0.3, 0.4) is 0 Å². The van der Waals surface area contributed by atoms with Crippen LogP contribution in [-0.4, -0.2) is 54.4 Å². The quantitative estimate of drug-likeness (QED) is 0.481. The molecule has 3 N–H and O–H groups in total. The lowest BCUT2D eigenvalue weighted by Crippen LogP contribution is -2.31. The molecule has 9 nitrogen and oxygen atoms in total. The van der Waals surface area contributed by atoms with Gasteiger partial charge in [-0.25, -0.2) is 9.97 Å². The van der Waals surface area contributed by atoms with Crippen molar-refractivity contribution in [1.29, 1.82) is 0 Å².